The van der Waals surface area contributed by atoms with Gasteiger partial charge in [0.25, 0.3) is 5.91 Å². The molecular weight excluding hydrogens is 566 g/mol. The van der Waals surface area contributed by atoms with Gasteiger partial charge in [0.2, 0.25) is 0 Å². The summed E-state index contributed by atoms with van der Waals surface area (Å²) in [6, 6.07) is 19.3. The summed E-state index contributed by atoms with van der Waals surface area (Å²) in [4.78, 5) is 34.6. The van der Waals surface area contributed by atoms with Crippen LogP contribution in [-0.4, -0.2) is 55.3 Å². The highest BCUT2D eigenvalue weighted by molar-refractivity contribution is 6.09. The summed E-state index contributed by atoms with van der Waals surface area (Å²) in [5.41, 5.74) is 2.39. The van der Waals surface area contributed by atoms with Crippen molar-refractivity contribution in [3.05, 3.63) is 78.0 Å². The number of pyridine rings is 1. The van der Waals surface area contributed by atoms with E-state index >= 15 is 0 Å². The zero-order valence-electron chi connectivity index (χ0n) is 27.2. The number of methoxy groups -OCH3 is 1. The van der Waals surface area contributed by atoms with Gasteiger partial charge < -0.3 is 19.5 Å². The molecule has 1 aliphatic carbocycles. The van der Waals surface area contributed by atoms with Crippen LogP contribution in [0.4, 0.5) is 11.5 Å². The smallest absolute Gasteiger partial charge is 0.307 e. The molecule has 8 heteroatoms. The average Bonchev–Trinajstić information content (AvgIpc) is 3.87. The number of carboxylic acid groups (broad SMARTS) is 1. The number of rotatable bonds is 12. The molecule has 2 aromatic carbocycles. The second kappa shape index (κ2) is 13.9. The fourth-order valence-electron chi connectivity index (χ4n) is 6.31. The third-order valence-corrected chi connectivity index (χ3v) is 8.99. The predicted molar refractivity (Wildman–Crippen MR) is 177 cm³/mol. The highest BCUT2D eigenvalue weighted by Crippen LogP contribution is 2.39. The molecule has 5 rings (SSSR count). The number of carboxylic acids is 1. The number of piperidine rings is 1. The Morgan fingerprint density at radius 1 is 1.04 bits per heavy atom. The van der Waals surface area contributed by atoms with E-state index in [1.54, 1.807) is 18.2 Å². The molecule has 0 bridgehead atoms. The minimum atomic E-state index is -0.705. The lowest BCUT2D eigenvalue weighted by Crippen LogP contribution is -2.43. The summed E-state index contributed by atoms with van der Waals surface area (Å²) in [7, 11) is 1.65. The molecule has 240 valence electrons. The molecule has 1 N–H and O–H groups in total. The van der Waals surface area contributed by atoms with E-state index < -0.39 is 5.97 Å². The Morgan fingerprint density at radius 2 is 1.84 bits per heavy atom. The lowest BCUT2D eigenvalue weighted by Gasteiger charge is -2.39. The predicted octanol–water partition coefficient (Wildman–Crippen LogP) is 6.98. The third-order valence-electron chi connectivity index (χ3n) is 8.99. The number of hydrogen-bond donors (Lipinski definition) is 1. The molecular formula is C37H47N3O5. The van der Waals surface area contributed by atoms with Crippen molar-refractivity contribution in [2.45, 2.75) is 53.4 Å². The van der Waals surface area contributed by atoms with Crippen LogP contribution in [0.2, 0.25) is 0 Å². The summed E-state index contributed by atoms with van der Waals surface area (Å²) < 4.78 is 11.9. The summed E-state index contributed by atoms with van der Waals surface area (Å²) >= 11 is 0. The van der Waals surface area contributed by atoms with Crippen LogP contribution in [-0.2, 0) is 11.2 Å². The fourth-order valence-corrected chi connectivity index (χ4v) is 6.31. The Bertz CT molecular complexity index is 1470. The van der Waals surface area contributed by atoms with Gasteiger partial charge in [0.1, 0.15) is 17.3 Å². The Kier molecular flexibility index (Phi) is 10.0. The molecule has 2 heterocycles. The number of carbonyl (C=O) groups excluding carboxylic acids is 1. The van der Waals surface area contributed by atoms with Gasteiger partial charge in [-0.05, 0) is 90.8 Å². The molecule has 0 radical (unpaired) electrons. The van der Waals surface area contributed by atoms with Crippen LogP contribution in [0.1, 0.15) is 62.9 Å². The standard InChI is InChI=1S/C37H47N3O5/c1-25-22-39(18-16-28(25)23-45-30-10-8-9-26(19-30)20-32(36(42)43)27-12-13-27)33-21-29(44-5)14-15-31(33)35(41)40(24-37(2,3)4)34-11-6-7-17-38-34/h6-11,14-15,17,19,21,25,27-28,32H,12-13,16,18,20,22-24H2,1-5H3,(H,42,43)/t25-,28?,32?/m1/s1. The van der Waals surface area contributed by atoms with Crippen LogP contribution in [0.15, 0.2) is 66.9 Å². The highest BCUT2D eigenvalue weighted by atomic mass is 16.5. The van der Waals surface area contributed by atoms with E-state index in [0.29, 0.717) is 54.5 Å². The topological polar surface area (TPSA) is 92.2 Å². The largest absolute Gasteiger partial charge is 0.497 e. The van der Waals surface area contributed by atoms with Gasteiger partial charge in [0, 0.05) is 31.9 Å². The molecule has 2 fully saturated rings. The Labute approximate surface area is 267 Å². The maximum absolute atomic E-state index is 14.2. The van der Waals surface area contributed by atoms with Gasteiger partial charge in [-0.25, -0.2) is 4.98 Å². The Hall–Kier alpha value is -4.07. The normalized spacial score (nSPS) is 19.1. The number of benzene rings is 2. The number of carbonyl (C=O) groups is 2. The quantitative estimate of drug-likeness (QED) is 0.236. The number of anilines is 2. The van der Waals surface area contributed by atoms with Gasteiger partial charge in [-0.2, -0.15) is 0 Å². The molecule has 2 aliphatic rings. The zero-order valence-corrected chi connectivity index (χ0v) is 27.2. The van der Waals surface area contributed by atoms with Gasteiger partial charge in [-0.15, -0.1) is 0 Å². The van der Waals surface area contributed by atoms with Crippen molar-refractivity contribution >= 4 is 23.4 Å². The first-order chi connectivity index (χ1) is 21.5. The van der Waals surface area contributed by atoms with Crippen molar-refractivity contribution in [3.8, 4) is 11.5 Å². The molecule has 1 saturated carbocycles. The first-order valence-electron chi connectivity index (χ1n) is 16.1. The summed E-state index contributed by atoms with van der Waals surface area (Å²) in [6.07, 6.45) is 5.20. The average molecular weight is 614 g/mol. The number of aliphatic carboxylic acids is 1. The molecule has 1 aromatic heterocycles. The second-order valence-electron chi connectivity index (χ2n) is 13.9. The first kappa shape index (κ1) is 32.3. The molecule has 0 spiro atoms. The zero-order chi connectivity index (χ0) is 32.1. The van der Waals surface area contributed by atoms with E-state index in [0.717, 1.165) is 49.4 Å². The van der Waals surface area contributed by atoms with Crippen molar-refractivity contribution in [2.24, 2.45) is 29.1 Å². The van der Waals surface area contributed by atoms with Crippen molar-refractivity contribution in [1.29, 1.82) is 0 Å². The molecule has 1 saturated heterocycles. The summed E-state index contributed by atoms with van der Waals surface area (Å²) in [5, 5.41) is 9.66. The molecule has 1 aliphatic heterocycles. The second-order valence-corrected chi connectivity index (χ2v) is 13.9. The number of nitrogens with zero attached hydrogens (tertiary/aromatic N) is 3. The maximum Gasteiger partial charge on any atom is 0.307 e. The number of hydrogen-bond acceptors (Lipinski definition) is 6. The molecule has 2 unspecified atom stereocenters. The van der Waals surface area contributed by atoms with E-state index in [1.165, 1.54) is 0 Å². The van der Waals surface area contributed by atoms with Crippen molar-refractivity contribution in [1.82, 2.24) is 4.98 Å². The molecule has 1 amide bonds. The van der Waals surface area contributed by atoms with E-state index in [9.17, 15) is 14.7 Å². The van der Waals surface area contributed by atoms with Gasteiger partial charge in [-0.3, -0.25) is 14.5 Å². The molecule has 8 nitrogen and oxygen atoms in total. The van der Waals surface area contributed by atoms with Gasteiger partial charge in [0.05, 0.1) is 30.9 Å². The van der Waals surface area contributed by atoms with E-state index in [4.69, 9.17) is 9.47 Å². The van der Waals surface area contributed by atoms with Gasteiger partial charge in [-0.1, -0.05) is 45.9 Å². The van der Waals surface area contributed by atoms with E-state index in [1.807, 2.05) is 60.7 Å². The Morgan fingerprint density at radius 3 is 2.49 bits per heavy atom. The van der Waals surface area contributed by atoms with E-state index in [-0.39, 0.29) is 17.2 Å². The van der Waals surface area contributed by atoms with Crippen LogP contribution in [0.3, 0.4) is 0 Å². The van der Waals surface area contributed by atoms with Crippen LogP contribution in [0, 0.1) is 29.1 Å². The van der Waals surface area contributed by atoms with Crippen LogP contribution < -0.4 is 19.3 Å². The minimum Gasteiger partial charge on any atom is -0.497 e. The van der Waals surface area contributed by atoms with Crippen molar-refractivity contribution < 1.29 is 24.2 Å². The first-order valence-corrected chi connectivity index (χ1v) is 16.1. The Balaban J connectivity index is 1.28. The maximum atomic E-state index is 14.2. The van der Waals surface area contributed by atoms with Crippen LogP contribution in [0.25, 0.3) is 0 Å². The SMILES string of the molecule is COc1ccc(C(=O)N(CC(C)(C)C)c2ccccn2)c(N2CCC(COc3cccc(CC(C(=O)O)C4CC4)c3)[C@H](C)C2)c1. The number of aromatic nitrogens is 1. The number of ether oxygens (including phenoxy) is 2. The van der Waals surface area contributed by atoms with Crippen LogP contribution >= 0.6 is 0 Å². The van der Waals surface area contributed by atoms with Crippen molar-refractivity contribution in [2.75, 3.05) is 43.2 Å². The highest BCUT2D eigenvalue weighted by Gasteiger charge is 2.36. The lowest BCUT2D eigenvalue weighted by atomic mass is 9.87. The van der Waals surface area contributed by atoms with Gasteiger partial charge >= 0.3 is 5.97 Å². The van der Waals surface area contributed by atoms with Gasteiger partial charge in [0.15, 0.2) is 0 Å². The number of amides is 1. The molecule has 3 aromatic rings. The monoisotopic (exact) mass is 613 g/mol. The molecule has 3 atom stereocenters. The van der Waals surface area contributed by atoms with Crippen molar-refractivity contribution in [3.63, 3.8) is 0 Å². The molecule has 45 heavy (non-hydrogen) atoms. The fraction of sp³-hybridized carbons (Fsp3) is 0.486. The third kappa shape index (κ3) is 8.35. The summed E-state index contributed by atoms with van der Waals surface area (Å²) in [5.74, 6) is 2.01. The van der Waals surface area contributed by atoms with E-state index in [2.05, 4.69) is 37.6 Å². The summed E-state index contributed by atoms with van der Waals surface area (Å²) in [6.45, 7) is 11.3. The lowest BCUT2D eigenvalue weighted by molar-refractivity contribution is -0.142. The minimum absolute atomic E-state index is 0.0777. The van der Waals surface area contributed by atoms with Crippen LogP contribution in [0.5, 0.6) is 11.5 Å².